The molecule has 1 aliphatic carbocycles. The molecule has 1 saturated heterocycles. The Hall–Kier alpha value is -2.32. The van der Waals surface area contributed by atoms with E-state index in [4.69, 9.17) is 0 Å². The van der Waals surface area contributed by atoms with E-state index in [1.165, 1.54) is 18.2 Å². The summed E-state index contributed by atoms with van der Waals surface area (Å²) in [5.41, 5.74) is 1.18. The smallest absolute Gasteiger partial charge is 0.226 e. The molecule has 1 amide bonds. The van der Waals surface area contributed by atoms with Crippen molar-refractivity contribution in [1.82, 2.24) is 9.62 Å². The van der Waals surface area contributed by atoms with Gasteiger partial charge in [-0.15, -0.1) is 0 Å². The number of benzene rings is 2. The van der Waals surface area contributed by atoms with E-state index in [0.29, 0.717) is 31.5 Å². The van der Waals surface area contributed by atoms with Crippen molar-refractivity contribution in [3.8, 4) is 11.1 Å². The second kappa shape index (κ2) is 8.67. The molecule has 8 heteroatoms. The molecule has 3 atom stereocenters. The summed E-state index contributed by atoms with van der Waals surface area (Å²) < 4.78 is 54.7. The quantitative estimate of drug-likeness (QED) is 0.759. The molecule has 5 nitrogen and oxygen atoms in total. The number of halogens is 2. The van der Waals surface area contributed by atoms with Gasteiger partial charge in [0.05, 0.1) is 11.8 Å². The molecule has 1 aliphatic heterocycles. The third-order valence-corrected chi connectivity index (χ3v) is 6.83. The predicted octanol–water partition coefficient (Wildman–Crippen LogP) is 3.67. The first-order valence-corrected chi connectivity index (χ1v) is 12.4. The van der Waals surface area contributed by atoms with Gasteiger partial charge in [-0.3, -0.25) is 4.79 Å². The van der Waals surface area contributed by atoms with Crippen LogP contribution in [0.2, 0.25) is 0 Å². The first-order valence-electron chi connectivity index (χ1n) is 10.5. The average Bonchev–Trinajstić information content (AvgIpc) is 3.51. The van der Waals surface area contributed by atoms with E-state index in [-0.39, 0.29) is 29.3 Å². The number of rotatable bonds is 5. The second-order valence-corrected chi connectivity index (χ2v) is 10.3. The molecular weight excluding hydrogens is 422 g/mol. The van der Waals surface area contributed by atoms with E-state index in [9.17, 15) is 22.0 Å². The van der Waals surface area contributed by atoms with E-state index in [2.05, 4.69) is 4.72 Å². The van der Waals surface area contributed by atoms with Crippen molar-refractivity contribution in [2.75, 3.05) is 19.3 Å². The summed E-state index contributed by atoms with van der Waals surface area (Å²) in [5.74, 6) is -1.63. The zero-order valence-corrected chi connectivity index (χ0v) is 18.2. The number of amides is 1. The summed E-state index contributed by atoms with van der Waals surface area (Å²) in [6, 6.07) is 10.6. The lowest BCUT2D eigenvalue weighted by molar-refractivity contribution is -0.132. The van der Waals surface area contributed by atoms with E-state index in [1.54, 1.807) is 17.0 Å². The normalized spacial score (nSPS) is 24.0. The fraction of sp³-hybridized carbons (Fsp3) is 0.435. The molecular formula is C23H26F2N2O3S. The minimum absolute atomic E-state index is 0.0176. The first-order chi connectivity index (χ1) is 14.7. The topological polar surface area (TPSA) is 66.5 Å². The summed E-state index contributed by atoms with van der Waals surface area (Å²) in [4.78, 5) is 14.9. The van der Waals surface area contributed by atoms with Gasteiger partial charge in [-0.1, -0.05) is 36.8 Å². The van der Waals surface area contributed by atoms with Crippen LogP contribution in [0.4, 0.5) is 8.78 Å². The Morgan fingerprint density at radius 2 is 1.77 bits per heavy atom. The Bertz CT molecular complexity index is 1070. The monoisotopic (exact) mass is 448 g/mol. The van der Waals surface area contributed by atoms with Gasteiger partial charge in [0.2, 0.25) is 15.9 Å². The van der Waals surface area contributed by atoms with Gasteiger partial charge in [0.1, 0.15) is 11.6 Å². The molecule has 0 bridgehead atoms. The Kier molecular flexibility index (Phi) is 6.12. The van der Waals surface area contributed by atoms with Gasteiger partial charge in [-0.25, -0.2) is 21.9 Å². The minimum Gasteiger partial charge on any atom is -0.341 e. The Balaban J connectivity index is 1.53. The highest BCUT2D eigenvalue weighted by molar-refractivity contribution is 7.88. The molecule has 2 unspecified atom stereocenters. The third-order valence-electron chi connectivity index (χ3n) is 6.06. The molecule has 1 N–H and O–H groups in total. The fourth-order valence-corrected chi connectivity index (χ4v) is 5.39. The average molecular weight is 449 g/mol. The SMILES string of the molecule is CS(=O)(=O)N[C@@H]1CCCCN(C(=O)C2CC2c2ccccc2-c2c(F)cccc2F)C1. The van der Waals surface area contributed by atoms with Crippen molar-refractivity contribution in [1.29, 1.82) is 0 Å². The van der Waals surface area contributed by atoms with Gasteiger partial charge in [-0.05, 0) is 48.4 Å². The second-order valence-electron chi connectivity index (χ2n) is 8.50. The highest BCUT2D eigenvalue weighted by Gasteiger charge is 2.47. The number of sulfonamides is 1. The van der Waals surface area contributed by atoms with E-state index in [0.717, 1.165) is 24.7 Å². The molecule has 2 aromatic rings. The number of hydrogen-bond acceptors (Lipinski definition) is 3. The Morgan fingerprint density at radius 3 is 2.48 bits per heavy atom. The summed E-state index contributed by atoms with van der Waals surface area (Å²) in [5, 5.41) is 0. The lowest BCUT2D eigenvalue weighted by Crippen LogP contribution is -2.44. The molecule has 0 aromatic heterocycles. The van der Waals surface area contributed by atoms with Crippen LogP contribution in [0.5, 0.6) is 0 Å². The van der Waals surface area contributed by atoms with Crippen LogP contribution < -0.4 is 4.72 Å². The highest BCUT2D eigenvalue weighted by Crippen LogP contribution is 2.51. The minimum atomic E-state index is -3.35. The first kappa shape index (κ1) is 21.9. The lowest BCUT2D eigenvalue weighted by atomic mass is 9.95. The molecule has 1 saturated carbocycles. The third kappa shape index (κ3) is 4.96. The number of nitrogens with one attached hydrogen (secondary N) is 1. The predicted molar refractivity (Wildman–Crippen MR) is 115 cm³/mol. The molecule has 2 aliphatic rings. The molecule has 1 heterocycles. The molecule has 4 rings (SSSR count). The van der Waals surface area contributed by atoms with Crippen molar-refractivity contribution >= 4 is 15.9 Å². The van der Waals surface area contributed by atoms with Crippen molar-refractivity contribution in [2.24, 2.45) is 5.92 Å². The summed E-state index contributed by atoms with van der Waals surface area (Å²) >= 11 is 0. The number of nitrogens with zero attached hydrogens (tertiary/aromatic N) is 1. The maximum absolute atomic E-state index is 14.4. The fourth-order valence-electron chi connectivity index (χ4n) is 4.59. The summed E-state index contributed by atoms with van der Waals surface area (Å²) in [7, 11) is -3.35. The summed E-state index contributed by atoms with van der Waals surface area (Å²) in [6.07, 6.45) is 4.11. The van der Waals surface area contributed by atoms with E-state index < -0.39 is 21.7 Å². The van der Waals surface area contributed by atoms with Gasteiger partial charge in [-0.2, -0.15) is 0 Å². The maximum Gasteiger partial charge on any atom is 0.226 e. The zero-order chi connectivity index (χ0) is 22.2. The van der Waals surface area contributed by atoms with Crippen LogP contribution in [0, 0.1) is 17.6 Å². The Morgan fingerprint density at radius 1 is 1.06 bits per heavy atom. The largest absolute Gasteiger partial charge is 0.341 e. The molecule has 0 spiro atoms. The molecule has 2 fully saturated rings. The standard InChI is InChI=1S/C23H26F2N2O3S/c1-31(29,30)26-15-7-4-5-12-27(14-15)23(28)19-13-18(19)16-8-2-3-9-17(16)22-20(24)10-6-11-21(22)25/h2-3,6,8-11,15,18-19,26H,4-5,7,12-14H2,1H3/t15-,18?,19?/m1/s1. The number of carbonyl (C=O) groups is 1. The van der Waals surface area contributed by atoms with Gasteiger partial charge >= 0.3 is 0 Å². The van der Waals surface area contributed by atoms with Crippen molar-refractivity contribution in [2.45, 2.75) is 37.6 Å². The van der Waals surface area contributed by atoms with Gasteiger partial charge in [0, 0.05) is 25.0 Å². The molecule has 166 valence electrons. The number of likely N-dealkylation sites (tertiary alicyclic amines) is 1. The van der Waals surface area contributed by atoms with Gasteiger partial charge in [0.25, 0.3) is 0 Å². The lowest BCUT2D eigenvalue weighted by Gasteiger charge is -2.25. The van der Waals surface area contributed by atoms with Crippen LogP contribution in [-0.2, 0) is 14.8 Å². The van der Waals surface area contributed by atoms with Crippen LogP contribution in [-0.4, -0.2) is 44.6 Å². The number of hydrogen-bond donors (Lipinski definition) is 1. The highest BCUT2D eigenvalue weighted by atomic mass is 32.2. The zero-order valence-electron chi connectivity index (χ0n) is 17.4. The molecule has 31 heavy (non-hydrogen) atoms. The van der Waals surface area contributed by atoms with Crippen molar-refractivity contribution in [3.63, 3.8) is 0 Å². The number of carbonyl (C=O) groups excluding carboxylic acids is 1. The van der Waals surface area contributed by atoms with E-state index in [1.807, 2.05) is 12.1 Å². The van der Waals surface area contributed by atoms with Crippen LogP contribution >= 0.6 is 0 Å². The van der Waals surface area contributed by atoms with Gasteiger partial charge in [0.15, 0.2) is 0 Å². The van der Waals surface area contributed by atoms with Gasteiger partial charge < -0.3 is 4.90 Å². The Labute approximate surface area is 181 Å². The molecule has 2 aromatic carbocycles. The van der Waals surface area contributed by atoms with Crippen LogP contribution in [0.3, 0.4) is 0 Å². The van der Waals surface area contributed by atoms with Crippen molar-refractivity contribution in [3.05, 3.63) is 59.7 Å². The molecule has 0 radical (unpaired) electrons. The van der Waals surface area contributed by atoms with Crippen LogP contribution in [0.1, 0.15) is 37.2 Å². The maximum atomic E-state index is 14.4. The van der Waals surface area contributed by atoms with Crippen molar-refractivity contribution < 1.29 is 22.0 Å². The van der Waals surface area contributed by atoms with Crippen LogP contribution in [0.25, 0.3) is 11.1 Å². The van der Waals surface area contributed by atoms with Crippen LogP contribution in [0.15, 0.2) is 42.5 Å². The summed E-state index contributed by atoms with van der Waals surface area (Å²) in [6.45, 7) is 0.937. The van der Waals surface area contributed by atoms with E-state index >= 15 is 0 Å².